The minimum absolute atomic E-state index is 0.853. The Bertz CT molecular complexity index is 447. The van der Waals surface area contributed by atoms with Crippen LogP contribution in [0, 0.1) is 6.92 Å². The molecule has 0 unspecified atom stereocenters. The molecule has 2 aromatic rings. The first kappa shape index (κ1) is 9.50. The van der Waals surface area contributed by atoms with Crippen LogP contribution in [-0.2, 0) is 5.33 Å². The molecule has 0 fully saturated rings. The van der Waals surface area contributed by atoms with Gasteiger partial charge in [0.2, 0.25) is 0 Å². The lowest BCUT2D eigenvalue weighted by molar-refractivity contribution is 1.53. The van der Waals surface area contributed by atoms with Gasteiger partial charge in [-0.3, -0.25) is 0 Å². The smallest absolute Gasteiger partial charge is 0.0442 e. The molecule has 0 saturated heterocycles. The van der Waals surface area contributed by atoms with E-state index < -0.39 is 0 Å². The van der Waals surface area contributed by atoms with Crippen molar-refractivity contribution in [3.8, 4) is 0 Å². The molecule has 0 atom stereocenters. The topological polar surface area (TPSA) is 0 Å². The molecule has 3 heteroatoms. The molecular formula is C10H8BrClS. The summed E-state index contributed by atoms with van der Waals surface area (Å²) in [5, 5.41) is 3.06. The number of halogens is 2. The quantitative estimate of drug-likeness (QED) is 0.658. The van der Waals surface area contributed by atoms with Gasteiger partial charge >= 0.3 is 0 Å². The summed E-state index contributed by atoms with van der Waals surface area (Å²) in [5.74, 6) is 0. The normalized spacial score (nSPS) is 11.0. The zero-order valence-electron chi connectivity index (χ0n) is 7.10. The SMILES string of the molecule is Cc1c(Cl)ccc2sc(CBr)cc12. The van der Waals surface area contributed by atoms with Gasteiger partial charge in [0.1, 0.15) is 0 Å². The van der Waals surface area contributed by atoms with Crippen molar-refractivity contribution in [1.29, 1.82) is 0 Å². The zero-order valence-corrected chi connectivity index (χ0v) is 10.3. The number of hydrogen-bond donors (Lipinski definition) is 0. The van der Waals surface area contributed by atoms with E-state index in [-0.39, 0.29) is 0 Å². The van der Waals surface area contributed by atoms with Gasteiger partial charge in [0.15, 0.2) is 0 Å². The van der Waals surface area contributed by atoms with Gasteiger partial charge in [-0.25, -0.2) is 0 Å². The van der Waals surface area contributed by atoms with Crippen LogP contribution in [-0.4, -0.2) is 0 Å². The van der Waals surface area contributed by atoms with Crippen LogP contribution < -0.4 is 0 Å². The third kappa shape index (κ3) is 1.63. The molecule has 0 N–H and O–H groups in total. The molecule has 0 aliphatic carbocycles. The highest BCUT2D eigenvalue weighted by Crippen LogP contribution is 2.32. The van der Waals surface area contributed by atoms with E-state index in [9.17, 15) is 0 Å². The van der Waals surface area contributed by atoms with Gasteiger partial charge in [0.25, 0.3) is 0 Å². The minimum atomic E-state index is 0.853. The zero-order chi connectivity index (χ0) is 9.42. The minimum Gasteiger partial charge on any atom is -0.139 e. The molecule has 0 amide bonds. The Balaban J connectivity index is 2.76. The van der Waals surface area contributed by atoms with Crippen molar-refractivity contribution in [2.24, 2.45) is 0 Å². The Kier molecular flexibility index (Phi) is 2.63. The summed E-state index contributed by atoms with van der Waals surface area (Å²) in [6, 6.07) is 6.26. The van der Waals surface area contributed by atoms with Crippen molar-refractivity contribution in [3.63, 3.8) is 0 Å². The third-order valence-corrected chi connectivity index (χ3v) is 4.57. The summed E-state index contributed by atoms with van der Waals surface area (Å²) in [4.78, 5) is 1.35. The first-order valence-corrected chi connectivity index (χ1v) is 6.27. The average molecular weight is 276 g/mol. The molecule has 0 saturated carbocycles. The Labute approximate surface area is 94.7 Å². The van der Waals surface area contributed by atoms with Crippen LogP contribution in [0.3, 0.4) is 0 Å². The van der Waals surface area contributed by atoms with E-state index in [2.05, 4.69) is 35.0 Å². The fraction of sp³-hybridized carbons (Fsp3) is 0.200. The van der Waals surface area contributed by atoms with Crippen molar-refractivity contribution in [2.45, 2.75) is 12.3 Å². The predicted octanol–water partition coefficient (Wildman–Crippen LogP) is 4.76. The van der Waals surface area contributed by atoms with E-state index in [0.29, 0.717) is 0 Å². The second-order valence-corrected chi connectivity index (χ2v) is 5.07. The van der Waals surface area contributed by atoms with Crippen molar-refractivity contribution in [3.05, 3.63) is 33.7 Å². The van der Waals surface area contributed by atoms with Gasteiger partial charge in [-0.2, -0.15) is 0 Å². The largest absolute Gasteiger partial charge is 0.139 e. The van der Waals surface area contributed by atoms with Gasteiger partial charge in [-0.1, -0.05) is 27.5 Å². The summed E-state index contributed by atoms with van der Waals surface area (Å²) >= 11 is 11.3. The number of hydrogen-bond acceptors (Lipinski definition) is 1. The summed E-state index contributed by atoms with van der Waals surface area (Å²) in [5.41, 5.74) is 1.18. The maximum Gasteiger partial charge on any atom is 0.0442 e. The monoisotopic (exact) mass is 274 g/mol. The van der Waals surface area contributed by atoms with Crippen LogP contribution in [0.15, 0.2) is 18.2 Å². The number of thiophene rings is 1. The van der Waals surface area contributed by atoms with E-state index in [1.165, 1.54) is 20.5 Å². The van der Waals surface area contributed by atoms with Crippen LogP contribution in [0.25, 0.3) is 10.1 Å². The van der Waals surface area contributed by atoms with E-state index in [1.807, 2.05) is 17.4 Å². The highest BCUT2D eigenvalue weighted by atomic mass is 79.9. The highest BCUT2D eigenvalue weighted by Gasteiger charge is 2.05. The van der Waals surface area contributed by atoms with Crippen LogP contribution in [0.5, 0.6) is 0 Å². The summed E-state index contributed by atoms with van der Waals surface area (Å²) in [6.45, 7) is 2.06. The molecule has 2 rings (SSSR count). The number of benzene rings is 1. The standard InChI is InChI=1S/C10H8BrClS/c1-6-8-4-7(5-11)13-10(8)3-2-9(6)12/h2-4H,5H2,1H3. The van der Waals surface area contributed by atoms with Crippen molar-refractivity contribution < 1.29 is 0 Å². The van der Waals surface area contributed by atoms with E-state index in [0.717, 1.165) is 10.4 Å². The summed E-state index contributed by atoms with van der Waals surface area (Å²) < 4.78 is 1.32. The van der Waals surface area contributed by atoms with Crippen molar-refractivity contribution in [1.82, 2.24) is 0 Å². The fourth-order valence-electron chi connectivity index (χ4n) is 1.34. The Morgan fingerprint density at radius 1 is 1.46 bits per heavy atom. The average Bonchev–Trinajstić information content (AvgIpc) is 2.55. The molecule has 0 aliphatic heterocycles. The van der Waals surface area contributed by atoms with Gasteiger partial charge in [0.05, 0.1) is 0 Å². The Hall–Kier alpha value is -0.0500. The molecule has 1 heterocycles. The molecule has 1 aromatic carbocycles. The lowest BCUT2D eigenvalue weighted by Crippen LogP contribution is -1.74. The molecule has 1 aromatic heterocycles. The van der Waals surface area contributed by atoms with Crippen LogP contribution in [0.1, 0.15) is 10.4 Å². The lowest BCUT2D eigenvalue weighted by atomic mass is 10.1. The van der Waals surface area contributed by atoms with Crippen LogP contribution >= 0.6 is 38.9 Å². The van der Waals surface area contributed by atoms with E-state index in [1.54, 1.807) is 0 Å². The first-order valence-electron chi connectivity index (χ1n) is 3.96. The van der Waals surface area contributed by atoms with E-state index in [4.69, 9.17) is 11.6 Å². The molecule has 0 spiro atoms. The number of fused-ring (bicyclic) bond motifs is 1. The Morgan fingerprint density at radius 2 is 2.23 bits per heavy atom. The second-order valence-electron chi connectivity index (χ2n) is 2.93. The molecule has 13 heavy (non-hydrogen) atoms. The number of rotatable bonds is 1. The van der Waals surface area contributed by atoms with Gasteiger partial charge in [0, 0.05) is 19.9 Å². The number of alkyl halides is 1. The third-order valence-electron chi connectivity index (χ3n) is 2.09. The number of aryl methyl sites for hydroxylation is 1. The lowest BCUT2D eigenvalue weighted by Gasteiger charge is -1.97. The second kappa shape index (κ2) is 3.60. The van der Waals surface area contributed by atoms with Crippen LogP contribution in [0.4, 0.5) is 0 Å². The first-order chi connectivity index (χ1) is 6.22. The van der Waals surface area contributed by atoms with Crippen molar-refractivity contribution in [2.75, 3.05) is 0 Å². The highest BCUT2D eigenvalue weighted by molar-refractivity contribution is 9.08. The molecular weight excluding hydrogens is 268 g/mol. The van der Waals surface area contributed by atoms with Gasteiger partial charge in [-0.05, 0) is 36.1 Å². The molecule has 68 valence electrons. The maximum atomic E-state index is 6.03. The van der Waals surface area contributed by atoms with Crippen molar-refractivity contribution >= 4 is 49.0 Å². The molecule has 0 nitrogen and oxygen atoms in total. The summed E-state index contributed by atoms with van der Waals surface area (Å²) in [6.07, 6.45) is 0. The Morgan fingerprint density at radius 3 is 2.92 bits per heavy atom. The molecule has 0 aliphatic rings. The van der Waals surface area contributed by atoms with Crippen LogP contribution in [0.2, 0.25) is 5.02 Å². The summed E-state index contributed by atoms with van der Waals surface area (Å²) in [7, 11) is 0. The van der Waals surface area contributed by atoms with Gasteiger partial charge in [-0.15, -0.1) is 11.3 Å². The van der Waals surface area contributed by atoms with E-state index >= 15 is 0 Å². The predicted molar refractivity (Wildman–Crippen MR) is 64.2 cm³/mol. The molecule has 0 bridgehead atoms. The van der Waals surface area contributed by atoms with Gasteiger partial charge < -0.3 is 0 Å². The molecule has 0 radical (unpaired) electrons. The maximum absolute atomic E-state index is 6.03. The fourth-order valence-corrected chi connectivity index (χ4v) is 2.98.